The van der Waals surface area contributed by atoms with E-state index in [9.17, 15) is 21.6 Å². The lowest BCUT2D eigenvalue weighted by molar-refractivity contribution is -0.126. The number of amides is 1. The van der Waals surface area contributed by atoms with Gasteiger partial charge in [0.1, 0.15) is 0 Å². The first kappa shape index (κ1) is 19.3. The fraction of sp³-hybridized carbons (Fsp3) is 0.588. The smallest absolute Gasteiger partial charge is 0.243 e. The van der Waals surface area contributed by atoms with E-state index in [-0.39, 0.29) is 34.8 Å². The van der Waals surface area contributed by atoms with Gasteiger partial charge in [0, 0.05) is 19.6 Å². The van der Waals surface area contributed by atoms with Gasteiger partial charge in [-0.05, 0) is 37.3 Å². The molecule has 1 aromatic carbocycles. The lowest BCUT2D eigenvalue weighted by Gasteiger charge is -2.31. The van der Waals surface area contributed by atoms with E-state index < -0.39 is 25.8 Å². The van der Waals surface area contributed by atoms with Crippen LogP contribution in [0.25, 0.3) is 0 Å². The molecule has 0 aromatic heterocycles. The van der Waals surface area contributed by atoms with Crippen LogP contribution in [-0.2, 0) is 24.7 Å². The number of sulfone groups is 1. The third-order valence-corrected chi connectivity index (χ3v) is 8.74. The zero-order valence-corrected chi connectivity index (χ0v) is 16.1. The molecule has 0 spiro atoms. The van der Waals surface area contributed by atoms with Gasteiger partial charge in [-0.1, -0.05) is 18.2 Å². The second kappa shape index (κ2) is 7.66. The number of hydrogen-bond donors (Lipinski definition) is 1. The first-order chi connectivity index (χ1) is 12.3. The molecule has 144 valence electrons. The van der Waals surface area contributed by atoms with Crippen LogP contribution in [0.4, 0.5) is 0 Å². The van der Waals surface area contributed by atoms with Gasteiger partial charge in [0.25, 0.3) is 0 Å². The van der Waals surface area contributed by atoms with E-state index in [1.54, 1.807) is 30.3 Å². The first-order valence-corrected chi connectivity index (χ1v) is 12.1. The molecule has 2 atom stereocenters. The summed E-state index contributed by atoms with van der Waals surface area (Å²) in [5, 5.41) is 2.82. The summed E-state index contributed by atoms with van der Waals surface area (Å²) in [4.78, 5) is 12.7. The van der Waals surface area contributed by atoms with Crippen LogP contribution in [0.2, 0.25) is 0 Å². The quantitative estimate of drug-likeness (QED) is 0.782. The molecule has 0 saturated carbocycles. The van der Waals surface area contributed by atoms with Crippen molar-refractivity contribution in [3.8, 4) is 0 Å². The molecule has 3 rings (SSSR count). The Kier molecular flexibility index (Phi) is 5.69. The van der Waals surface area contributed by atoms with Crippen molar-refractivity contribution in [3.63, 3.8) is 0 Å². The van der Waals surface area contributed by atoms with Crippen LogP contribution in [0.5, 0.6) is 0 Å². The molecule has 2 fully saturated rings. The van der Waals surface area contributed by atoms with Crippen LogP contribution >= 0.6 is 0 Å². The van der Waals surface area contributed by atoms with E-state index in [4.69, 9.17) is 0 Å². The van der Waals surface area contributed by atoms with E-state index in [1.807, 2.05) is 0 Å². The number of carbonyl (C=O) groups excluding carboxylic acids is 1. The molecule has 0 aliphatic carbocycles. The molecule has 7 nitrogen and oxygen atoms in total. The summed E-state index contributed by atoms with van der Waals surface area (Å²) in [7, 11) is -6.57. The monoisotopic (exact) mass is 400 g/mol. The lowest BCUT2D eigenvalue weighted by Crippen LogP contribution is -2.46. The van der Waals surface area contributed by atoms with Gasteiger partial charge in [-0.3, -0.25) is 4.79 Å². The Bertz CT molecular complexity index is 852. The number of nitrogens with zero attached hydrogens (tertiary/aromatic N) is 1. The normalized spacial score (nSPS) is 26.5. The zero-order valence-electron chi connectivity index (χ0n) is 14.5. The van der Waals surface area contributed by atoms with Crippen molar-refractivity contribution < 1.29 is 21.6 Å². The number of rotatable bonds is 5. The first-order valence-electron chi connectivity index (χ1n) is 8.81. The second-order valence-corrected chi connectivity index (χ2v) is 11.2. The minimum absolute atomic E-state index is 0.0447. The van der Waals surface area contributed by atoms with E-state index in [0.29, 0.717) is 32.4 Å². The lowest BCUT2D eigenvalue weighted by atomic mass is 9.98. The molecule has 0 bridgehead atoms. The highest BCUT2D eigenvalue weighted by Gasteiger charge is 2.34. The Hall–Kier alpha value is -1.45. The van der Waals surface area contributed by atoms with Crippen LogP contribution in [0.3, 0.4) is 0 Å². The van der Waals surface area contributed by atoms with Crippen LogP contribution < -0.4 is 5.32 Å². The Morgan fingerprint density at radius 2 is 1.92 bits per heavy atom. The van der Waals surface area contributed by atoms with Gasteiger partial charge in [-0.15, -0.1) is 0 Å². The van der Waals surface area contributed by atoms with Crippen molar-refractivity contribution in [3.05, 3.63) is 30.3 Å². The highest BCUT2D eigenvalue weighted by molar-refractivity contribution is 7.91. The summed E-state index contributed by atoms with van der Waals surface area (Å²) < 4.78 is 49.8. The van der Waals surface area contributed by atoms with Crippen LogP contribution in [0, 0.1) is 11.8 Å². The maximum Gasteiger partial charge on any atom is 0.243 e. The molecule has 2 aliphatic heterocycles. The maximum atomic E-state index is 12.7. The molecule has 26 heavy (non-hydrogen) atoms. The number of piperidine rings is 1. The Morgan fingerprint density at radius 1 is 1.19 bits per heavy atom. The summed E-state index contributed by atoms with van der Waals surface area (Å²) in [6.45, 7) is 0.897. The van der Waals surface area contributed by atoms with E-state index in [2.05, 4.69) is 5.32 Å². The molecular weight excluding hydrogens is 376 g/mol. The highest BCUT2D eigenvalue weighted by Crippen LogP contribution is 2.24. The fourth-order valence-corrected chi connectivity index (χ4v) is 6.95. The number of carbonyl (C=O) groups is 1. The number of benzene rings is 1. The predicted octanol–water partition coefficient (Wildman–Crippen LogP) is 0.638. The van der Waals surface area contributed by atoms with E-state index in [0.717, 1.165) is 0 Å². The van der Waals surface area contributed by atoms with Crippen LogP contribution in [-0.4, -0.2) is 58.2 Å². The second-order valence-electron chi connectivity index (χ2n) is 7.03. The Morgan fingerprint density at radius 3 is 2.58 bits per heavy atom. The summed E-state index contributed by atoms with van der Waals surface area (Å²) in [6.07, 6.45) is 1.83. The minimum Gasteiger partial charge on any atom is -0.356 e. The van der Waals surface area contributed by atoms with Gasteiger partial charge >= 0.3 is 0 Å². The summed E-state index contributed by atoms with van der Waals surface area (Å²) in [6, 6.07) is 8.22. The van der Waals surface area contributed by atoms with Crippen LogP contribution in [0.15, 0.2) is 35.2 Å². The standard InChI is InChI=1S/C17H24N2O5S2/c20-17(18-11-14-8-10-25(21,22)13-14)15-5-4-9-19(12-15)26(23,24)16-6-2-1-3-7-16/h1-3,6-7,14-15H,4-5,8-13H2,(H,18,20). The SMILES string of the molecule is O=C(NCC1CCS(=O)(=O)C1)C1CCCN(S(=O)(=O)c2ccccc2)C1. The number of nitrogens with one attached hydrogen (secondary N) is 1. The highest BCUT2D eigenvalue weighted by atomic mass is 32.2. The summed E-state index contributed by atoms with van der Waals surface area (Å²) in [5.41, 5.74) is 0. The average Bonchev–Trinajstić information content (AvgIpc) is 2.99. The third kappa shape index (κ3) is 4.44. The van der Waals surface area contributed by atoms with Crippen molar-refractivity contribution in [2.24, 2.45) is 11.8 Å². The van der Waals surface area contributed by atoms with Crippen molar-refractivity contribution >= 4 is 25.8 Å². The molecule has 1 amide bonds. The summed E-state index contributed by atoms with van der Waals surface area (Å²) in [5.74, 6) is -0.341. The Labute approximate surface area is 154 Å². The van der Waals surface area contributed by atoms with Gasteiger partial charge in [-0.2, -0.15) is 4.31 Å². The third-order valence-electron chi connectivity index (χ3n) is 5.03. The van der Waals surface area contributed by atoms with Crippen molar-refractivity contribution in [1.29, 1.82) is 0 Å². The minimum atomic E-state index is -3.60. The van der Waals surface area contributed by atoms with Crippen LogP contribution in [0.1, 0.15) is 19.3 Å². The Balaban J connectivity index is 1.59. The number of hydrogen-bond acceptors (Lipinski definition) is 5. The van der Waals surface area contributed by atoms with Crippen molar-refractivity contribution in [2.75, 3.05) is 31.1 Å². The molecule has 1 aromatic rings. The molecule has 2 heterocycles. The van der Waals surface area contributed by atoms with E-state index >= 15 is 0 Å². The van der Waals surface area contributed by atoms with Gasteiger partial charge in [0.15, 0.2) is 9.84 Å². The zero-order chi connectivity index (χ0) is 18.8. The van der Waals surface area contributed by atoms with E-state index in [1.165, 1.54) is 4.31 Å². The average molecular weight is 401 g/mol. The van der Waals surface area contributed by atoms with Gasteiger partial charge in [-0.25, -0.2) is 16.8 Å². The fourth-order valence-electron chi connectivity index (χ4n) is 3.54. The summed E-state index contributed by atoms with van der Waals surface area (Å²) >= 11 is 0. The number of sulfonamides is 1. The molecular formula is C17H24N2O5S2. The van der Waals surface area contributed by atoms with Gasteiger partial charge < -0.3 is 5.32 Å². The maximum absolute atomic E-state index is 12.7. The van der Waals surface area contributed by atoms with Crippen molar-refractivity contribution in [1.82, 2.24) is 9.62 Å². The molecule has 0 radical (unpaired) electrons. The molecule has 2 aliphatic rings. The molecule has 2 unspecified atom stereocenters. The largest absolute Gasteiger partial charge is 0.356 e. The van der Waals surface area contributed by atoms with Gasteiger partial charge in [0.2, 0.25) is 15.9 Å². The van der Waals surface area contributed by atoms with Gasteiger partial charge in [0.05, 0.1) is 22.3 Å². The molecule has 1 N–H and O–H groups in total. The molecule has 2 saturated heterocycles. The van der Waals surface area contributed by atoms with Crippen molar-refractivity contribution in [2.45, 2.75) is 24.2 Å². The predicted molar refractivity (Wildman–Crippen MR) is 97.7 cm³/mol. The topological polar surface area (TPSA) is 101 Å². The molecule has 9 heteroatoms.